The van der Waals surface area contributed by atoms with Crippen molar-refractivity contribution in [1.82, 2.24) is 0 Å². The predicted molar refractivity (Wildman–Crippen MR) is 93.4 cm³/mol. The van der Waals surface area contributed by atoms with Crippen molar-refractivity contribution >= 4 is 29.7 Å². The molecular weight excluding hydrogens is 360 g/mol. The van der Waals surface area contributed by atoms with Crippen molar-refractivity contribution in [2.45, 2.75) is 56.3 Å². The average Bonchev–Trinajstić information content (AvgIpc) is 2.84. The quantitative estimate of drug-likeness (QED) is 0.547. The molecule has 142 valence electrons. The van der Waals surface area contributed by atoms with Crippen LogP contribution in [0.3, 0.4) is 0 Å². The molecule has 8 heteroatoms. The van der Waals surface area contributed by atoms with Gasteiger partial charge in [-0.3, -0.25) is 14.4 Å². The van der Waals surface area contributed by atoms with Gasteiger partial charge in [-0.2, -0.15) is 0 Å². The van der Waals surface area contributed by atoms with Crippen LogP contribution in [0.1, 0.15) is 26.3 Å². The first kappa shape index (κ1) is 20.3. The van der Waals surface area contributed by atoms with Crippen molar-refractivity contribution in [3.8, 4) is 0 Å². The Morgan fingerprint density at radius 2 is 1.54 bits per heavy atom. The van der Waals surface area contributed by atoms with E-state index in [0.717, 1.165) is 10.5 Å². The summed E-state index contributed by atoms with van der Waals surface area (Å²) in [5.74, 6) is -1.53. The van der Waals surface area contributed by atoms with Gasteiger partial charge in [0.15, 0.2) is 12.2 Å². The van der Waals surface area contributed by atoms with E-state index in [0.29, 0.717) is 0 Å². The third-order valence-electron chi connectivity index (χ3n) is 3.60. The molecule has 0 aliphatic carbocycles. The molecule has 1 aliphatic heterocycles. The van der Waals surface area contributed by atoms with Crippen LogP contribution < -0.4 is 0 Å². The fourth-order valence-corrected chi connectivity index (χ4v) is 3.63. The highest BCUT2D eigenvalue weighted by atomic mass is 32.2. The number of ether oxygens (including phenoxy) is 4. The highest BCUT2D eigenvalue weighted by molar-refractivity contribution is 7.99. The molecule has 1 saturated heterocycles. The Hall–Kier alpha value is -2.06. The zero-order valence-electron chi connectivity index (χ0n) is 15.1. The normalized spacial score (nSPS) is 24.8. The number of esters is 3. The van der Waals surface area contributed by atoms with E-state index in [9.17, 15) is 14.4 Å². The first-order valence-corrected chi connectivity index (χ1v) is 9.01. The van der Waals surface area contributed by atoms with Gasteiger partial charge < -0.3 is 18.9 Å². The van der Waals surface area contributed by atoms with E-state index in [1.807, 2.05) is 31.2 Å². The topological polar surface area (TPSA) is 88.1 Å². The molecular formula is C18H22O7S. The molecule has 0 bridgehead atoms. The fraction of sp³-hybridized carbons (Fsp3) is 0.500. The second-order valence-corrected chi connectivity index (χ2v) is 7.10. The molecule has 1 aromatic carbocycles. The number of thioether (sulfide) groups is 1. The molecule has 0 aromatic heterocycles. The maximum atomic E-state index is 11.5. The third-order valence-corrected chi connectivity index (χ3v) is 4.75. The van der Waals surface area contributed by atoms with Crippen LogP contribution in [0.2, 0.25) is 0 Å². The summed E-state index contributed by atoms with van der Waals surface area (Å²) in [5, 5.41) is 0. The number of hydrogen-bond acceptors (Lipinski definition) is 8. The van der Waals surface area contributed by atoms with E-state index in [-0.39, 0.29) is 6.61 Å². The molecule has 0 radical (unpaired) electrons. The summed E-state index contributed by atoms with van der Waals surface area (Å²) in [6.07, 6.45) is -2.41. The van der Waals surface area contributed by atoms with E-state index < -0.39 is 41.7 Å². The van der Waals surface area contributed by atoms with E-state index in [4.69, 9.17) is 18.9 Å². The van der Waals surface area contributed by atoms with Gasteiger partial charge in [0.1, 0.15) is 18.1 Å². The van der Waals surface area contributed by atoms with E-state index in [1.54, 1.807) is 0 Å². The molecule has 0 amide bonds. The van der Waals surface area contributed by atoms with E-state index in [1.165, 1.54) is 32.5 Å². The minimum atomic E-state index is -0.862. The first-order valence-electron chi connectivity index (χ1n) is 8.13. The molecule has 4 atom stereocenters. The van der Waals surface area contributed by atoms with E-state index in [2.05, 4.69) is 0 Å². The van der Waals surface area contributed by atoms with Gasteiger partial charge in [-0.25, -0.2) is 0 Å². The molecule has 0 unspecified atom stereocenters. The van der Waals surface area contributed by atoms with Crippen LogP contribution in [0.15, 0.2) is 29.2 Å². The number of hydrogen-bond donors (Lipinski definition) is 0. The molecule has 2 rings (SSSR count). The zero-order chi connectivity index (χ0) is 19.3. The Bertz CT molecular complexity index is 658. The molecule has 1 fully saturated rings. The molecule has 0 spiro atoms. The molecule has 1 aliphatic rings. The fourth-order valence-electron chi connectivity index (χ4n) is 2.52. The minimum Gasteiger partial charge on any atom is -0.463 e. The smallest absolute Gasteiger partial charge is 0.303 e. The molecule has 1 heterocycles. The van der Waals surface area contributed by atoms with Gasteiger partial charge in [0.2, 0.25) is 0 Å². The van der Waals surface area contributed by atoms with Gasteiger partial charge in [0.05, 0.1) is 0 Å². The number of benzene rings is 1. The number of aryl methyl sites for hydroxylation is 1. The van der Waals surface area contributed by atoms with Crippen molar-refractivity contribution < 1.29 is 33.3 Å². The lowest BCUT2D eigenvalue weighted by atomic mass is 10.1. The summed E-state index contributed by atoms with van der Waals surface area (Å²) in [5.41, 5.74) is 0.510. The van der Waals surface area contributed by atoms with Gasteiger partial charge in [-0.05, 0) is 19.1 Å². The summed E-state index contributed by atoms with van der Waals surface area (Å²) >= 11 is 1.35. The predicted octanol–water partition coefficient (Wildman–Crippen LogP) is 2.24. The largest absolute Gasteiger partial charge is 0.463 e. The van der Waals surface area contributed by atoms with Crippen molar-refractivity contribution in [2.24, 2.45) is 0 Å². The van der Waals surface area contributed by atoms with Gasteiger partial charge in [0, 0.05) is 25.7 Å². The lowest BCUT2D eigenvalue weighted by Crippen LogP contribution is -2.40. The highest BCUT2D eigenvalue weighted by Crippen LogP contribution is 2.37. The Morgan fingerprint density at radius 1 is 0.962 bits per heavy atom. The number of carbonyl (C=O) groups is 3. The van der Waals surface area contributed by atoms with Gasteiger partial charge in [0.25, 0.3) is 0 Å². The Labute approximate surface area is 156 Å². The summed E-state index contributed by atoms with van der Waals surface area (Å²) in [6.45, 7) is 5.69. The minimum absolute atomic E-state index is 0.101. The van der Waals surface area contributed by atoms with Gasteiger partial charge >= 0.3 is 17.9 Å². The monoisotopic (exact) mass is 382 g/mol. The summed E-state index contributed by atoms with van der Waals surface area (Å²) in [4.78, 5) is 35.0. The maximum absolute atomic E-state index is 11.5. The third kappa shape index (κ3) is 5.74. The van der Waals surface area contributed by atoms with Gasteiger partial charge in [-0.1, -0.05) is 29.5 Å². The van der Waals surface area contributed by atoms with Crippen molar-refractivity contribution in [3.63, 3.8) is 0 Å². The first-order chi connectivity index (χ1) is 12.3. The van der Waals surface area contributed by atoms with Crippen LogP contribution in [0.5, 0.6) is 0 Å². The lowest BCUT2D eigenvalue weighted by molar-refractivity contribution is -0.165. The summed E-state index contributed by atoms with van der Waals surface area (Å²) in [6, 6.07) is 7.76. The standard InChI is InChI=1S/C18H22O7S/c1-10-5-7-14(8-6-10)26-18-17(24-13(4)21)16(23-12(3)20)15(25-18)9-22-11(2)19/h5-8,15-18H,9H2,1-4H3/t15-,16+,17-,18+/m0/s1. The Morgan fingerprint density at radius 3 is 2.08 bits per heavy atom. The van der Waals surface area contributed by atoms with Crippen molar-refractivity contribution in [2.75, 3.05) is 6.61 Å². The molecule has 0 N–H and O–H groups in total. The highest BCUT2D eigenvalue weighted by Gasteiger charge is 2.50. The van der Waals surface area contributed by atoms with Gasteiger partial charge in [-0.15, -0.1) is 0 Å². The van der Waals surface area contributed by atoms with Crippen molar-refractivity contribution in [1.29, 1.82) is 0 Å². The molecule has 0 saturated carbocycles. The molecule has 1 aromatic rings. The summed E-state index contributed by atoms with van der Waals surface area (Å²) < 4.78 is 21.6. The Balaban J connectivity index is 2.22. The van der Waals surface area contributed by atoms with Crippen LogP contribution in [-0.4, -0.2) is 48.3 Å². The SMILES string of the molecule is CC(=O)OC[C@@H]1O[C@H](Sc2ccc(C)cc2)[C@@H](OC(C)=O)[C@@H]1OC(C)=O. The van der Waals surface area contributed by atoms with Crippen LogP contribution in [0.4, 0.5) is 0 Å². The molecule has 26 heavy (non-hydrogen) atoms. The van der Waals surface area contributed by atoms with Crippen LogP contribution >= 0.6 is 11.8 Å². The lowest BCUT2D eigenvalue weighted by Gasteiger charge is -2.23. The van der Waals surface area contributed by atoms with Crippen molar-refractivity contribution in [3.05, 3.63) is 29.8 Å². The Kier molecular flexibility index (Phi) is 7.05. The zero-order valence-corrected chi connectivity index (χ0v) is 15.9. The molecule has 7 nitrogen and oxygen atoms in total. The number of rotatable bonds is 6. The van der Waals surface area contributed by atoms with E-state index >= 15 is 0 Å². The maximum Gasteiger partial charge on any atom is 0.303 e. The average molecular weight is 382 g/mol. The van der Waals surface area contributed by atoms with Crippen LogP contribution in [0, 0.1) is 6.92 Å². The van der Waals surface area contributed by atoms with Crippen LogP contribution in [0.25, 0.3) is 0 Å². The second-order valence-electron chi connectivity index (χ2n) is 5.92. The number of carbonyl (C=O) groups excluding carboxylic acids is 3. The second kappa shape index (κ2) is 9.05. The van der Waals surface area contributed by atoms with Crippen LogP contribution in [-0.2, 0) is 33.3 Å². The summed E-state index contributed by atoms with van der Waals surface area (Å²) in [7, 11) is 0.